The summed E-state index contributed by atoms with van der Waals surface area (Å²) in [5.41, 5.74) is 2.83. The predicted octanol–water partition coefficient (Wildman–Crippen LogP) is 2.25. The minimum atomic E-state index is -1.20. The maximum Gasteiger partial charge on any atom is 0.330 e. The Morgan fingerprint density at radius 3 is 2.59 bits per heavy atom. The van der Waals surface area contributed by atoms with Crippen molar-refractivity contribution >= 4 is 11.9 Å². The molecular formula is C21H20FN3O4. The van der Waals surface area contributed by atoms with Crippen molar-refractivity contribution in [1.82, 2.24) is 15.1 Å². The summed E-state index contributed by atoms with van der Waals surface area (Å²) in [7, 11) is 1.17. The predicted molar refractivity (Wildman–Crippen MR) is 104 cm³/mol. The number of aliphatic hydroxyl groups excluding tert-OH is 1. The normalized spacial score (nSPS) is 11.7. The van der Waals surface area contributed by atoms with Gasteiger partial charge in [-0.05, 0) is 37.3 Å². The van der Waals surface area contributed by atoms with Gasteiger partial charge in [0.1, 0.15) is 11.5 Å². The molecule has 29 heavy (non-hydrogen) atoms. The number of hydrogen-bond acceptors (Lipinski definition) is 5. The minimum Gasteiger partial charge on any atom is -0.467 e. The molecule has 150 valence electrons. The van der Waals surface area contributed by atoms with Crippen molar-refractivity contribution in [2.75, 3.05) is 13.7 Å². The van der Waals surface area contributed by atoms with E-state index in [4.69, 9.17) is 0 Å². The second-order valence-corrected chi connectivity index (χ2v) is 6.41. The van der Waals surface area contributed by atoms with Gasteiger partial charge >= 0.3 is 5.97 Å². The number of aromatic nitrogens is 2. The minimum absolute atomic E-state index is 0.197. The van der Waals surface area contributed by atoms with E-state index < -0.39 is 24.5 Å². The monoisotopic (exact) mass is 397 g/mol. The number of methoxy groups -OCH3 is 1. The number of esters is 1. The number of amides is 1. The van der Waals surface area contributed by atoms with Gasteiger partial charge in [0.2, 0.25) is 0 Å². The molecule has 2 N–H and O–H groups in total. The van der Waals surface area contributed by atoms with Gasteiger partial charge in [-0.2, -0.15) is 5.10 Å². The number of carbonyl (C=O) groups is 2. The van der Waals surface area contributed by atoms with Crippen LogP contribution in [0.3, 0.4) is 0 Å². The number of ether oxygens (including phenoxy) is 1. The molecule has 1 amide bonds. The van der Waals surface area contributed by atoms with Crippen LogP contribution in [0.2, 0.25) is 0 Å². The van der Waals surface area contributed by atoms with E-state index in [1.54, 1.807) is 0 Å². The number of halogens is 1. The number of nitrogens with zero attached hydrogens (tertiary/aromatic N) is 2. The summed E-state index contributed by atoms with van der Waals surface area (Å²) in [5, 5.41) is 16.3. The third kappa shape index (κ3) is 4.49. The zero-order valence-electron chi connectivity index (χ0n) is 15.9. The number of nitrogens with one attached hydrogen (secondary N) is 1. The maximum atomic E-state index is 13.3. The first kappa shape index (κ1) is 20.2. The van der Waals surface area contributed by atoms with Gasteiger partial charge in [0.15, 0.2) is 6.04 Å². The first-order chi connectivity index (χ1) is 13.9. The van der Waals surface area contributed by atoms with Crippen molar-refractivity contribution in [3.05, 3.63) is 71.7 Å². The van der Waals surface area contributed by atoms with Gasteiger partial charge in [0, 0.05) is 11.8 Å². The van der Waals surface area contributed by atoms with E-state index in [0.717, 1.165) is 5.56 Å². The molecule has 3 aromatic rings. The van der Waals surface area contributed by atoms with Crippen LogP contribution in [0.4, 0.5) is 4.39 Å². The fraction of sp³-hybridized carbons (Fsp3) is 0.190. The lowest BCUT2D eigenvalue weighted by Gasteiger charge is -2.13. The average molecular weight is 397 g/mol. The summed E-state index contributed by atoms with van der Waals surface area (Å²) in [6, 6.07) is 11.9. The van der Waals surface area contributed by atoms with Gasteiger partial charge in [-0.3, -0.25) is 4.79 Å². The summed E-state index contributed by atoms with van der Waals surface area (Å²) in [5.74, 6) is -1.75. The van der Waals surface area contributed by atoms with Gasteiger partial charge in [0.05, 0.1) is 25.0 Å². The van der Waals surface area contributed by atoms with Gasteiger partial charge < -0.3 is 15.2 Å². The molecular weight excluding hydrogens is 377 g/mol. The van der Waals surface area contributed by atoms with Gasteiger partial charge in [-0.1, -0.05) is 23.8 Å². The lowest BCUT2D eigenvalue weighted by molar-refractivity contribution is -0.143. The van der Waals surface area contributed by atoms with Crippen molar-refractivity contribution < 1.29 is 23.8 Å². The van der Waals surface area contributed by atoms with Crippen LogP contribution in [0.5, 0.6) is 0 Å². The summed E-state index contributed by atoms with van der Waals surface area (Å²) in [6.45, 7) is 1.31. The first-order valence-corrected chi connectivity index (χ1v) is 8.85. The molecule has 0 aliphatic carbocycles. The Morgan fingerprint density at radius 1 is 1.24 bits per heavy atom. The molecule has 0 radical (unpaired) electrons. The number of benzene rings is 2. The number of rotatable bonds is 6. The molecule has 0 saturated heterocycles. The van der Waals surface area contributed by atoms with E-state index in [0.29, 0.717) is 16.9 Å². The topological polar surface area (TPSA) is 93.5 Å². The Bertz CT molecular complexity index is 1030. The smallest absolute Gasteiger partial charge is 0.330 e. The molecule has 0 bridgehead atoms. The van der Waals surface area contributed by atoms with Crippen LogP contribution in [0.15, 0.2) is 54.7 Å². The second-order valence-electron chi connectivity index (χ2n) is 6.41. The van der Waals surface area contributed by atoms with Crippen molar-refractivity contribution in [3.8, 4) is 16.9 Å². The zero-order valence-corrected chi connectivity index (χ0v) is 15.9. The molecule has 0 aliphatic rings. The van der Waals surface area contributed by atoms with Crippen LogP contribution in [0, 0.1) is 12.7 Å². The summed E-state index contributed by atoms with van der Waals surface area (Å²) in [6.07, 6.45) is 1.49. The molecule has 1 heterocycles. The fourth-order valence-corrected chi connectivity index (χ4v) is 2.83. The third-order valence-electron chi connectivity index (χ3n) is 4.32. The van der Waals surface area contributed by atoms with E-state index in [2.05, 4.69) is 15.2 Å². The molecule has 0 aliphatic heterocycles. The van der Waals surface area contributed by atoms with Crippen LogP contribution in [-0.2, 0) is 9.53 Å². The van der Waals surface area contributed by atoms with E-state index in [-0.39, 0.29) is 11.4 Å². The molecule has 0 fully saturated rings. The van der Waals surface area contributed by atoms with Gasteiger partial charge in [0.25, 0.3) is 5.91 Å². The molecule has 1 aromatic heterocycles. The Balaban J connectivity index is 2.05. The fourth-order valence-electron chi connectivity index (χ4n) is 2.83. The lowest BCUT2D eigenvalue weighted by atomic mass is 10.1. The highest BCUT2D eigenvalue weighted by molar-refractivity contribution is 6.01. The third-order valence-corrected chi connectivity index (χ3v) is 4.32. The summed E-state index contributed by atoms with van der Waals surface area (Å²) < 4.78 is 19.3. The van der Waals surface area contributed by atoms with E-state index in [1.165, 1.54) is 42.3 Å². The molecule has 8 heteroatoms. The maximum absolute atomic E-state index is 13.3. The molecule has 2 aromatic carbocycles. The molecule has 0 saturated carbocycles. The molecule has 7 nitrogen and oxygen atoms in total. The Morgan fingerprint density at radius 2 is 1.97 bits per heavy atom. The van der Waals surface area contributed by atoms with E-state index in [1.807, 2.05) is 31.2 Å². The highest BCUT2D eigenvalue weighted by Gasteiger charge is 2.25. The largest absolute Gasteiger partial charge is 0.467 e. The van der Waals surface area contributed by atoms with Gasteiger partial charge in [-0.15, -0.1) is 0 Å². The van der Waals surface area contributed by atoms with E-state index in [9.17, 15) is 19.1 Å². The molecule has 3 rings (SSSR count). The quantitative estimate of drug-likeness (QED) is 0.623. The van der Waals surface area contributed by atoms with Crippen molar-refractivity contribution in [2.24, 2.45) is 0 Å². The standard InChI is InChI=1S/C21H20FN3O4/c1-13-4-3-5-14(10-13)19-17(20(27)23-18(12-26)21(28)29-2)11-25(24-19)16-8-6-15(22)7-9-16/h3-11,18,26H,12H2,1-2H3,(H,23,27)/t18-/m1/s1. The Labute approximate surface area is 166 Å². The molecule has 0 spiro atoms. The Kier molecular flexibility index (Phi) is 6.04. The number of carbonyl (C=O) groups excluding carboxylic acids is 2. The second kappa shape index (κ2) is 8.66. The number of aryl methyl sites for hydroxylation is 1. The van der Waals surface area contributed by atoms with Crippen molar-refractivity contribution in [1.29, 1.82) is 0 Å². The van der Waals surface area contributed by atoms with Crippen LogP contribution in [0.25, 0.3) is 16.9 Å². The molecule has 0 unspecified atom stereocenters. The van der Waals surface area contributed by atoms with Crippen molar-refractivity contribution in [2.45, 2.75) is 13.0 Å². The highest BCUT2D eigenvalue weighted by Crippen LogP contribution is 2.25. The van der Waals surface area contributed by atoms with E-state index >= 15 is 0 Å². The van der Waals surface area contributed by atoms with Crippen molar-refractivity contribution in [3.63, 3.8) is 0 Å². The highest BCUT2D eigenvalue weighted by atomic mass is 19.1. The summed E-state index contributed by atoms with van der Waals surface area (Å²) in [4.78, 5) is 24.6. The number of hydrogen-bond donors (Lipinski definition) is 2. The number of aliphatic hydroxyl groups is 1. The van der Waals surface area contributed by atoms with Crippen LogP contribution >= 0.6 is 0 Å². The molecule has 1 atom stereocenters. The summed E-state index contributed by atoms with van der Waals surface area (Å²) >= 11 is 0. The van der Waals surface area contributed by atoms with Crippen LogP contribution < -0.4 is 5.32 Å². The SMILES string of the molecule is COC(=O)[C@@H](CO)NC(=O)c1cn(-c2ccc(F)cc2)nc1-c1cccc(C)c1. The lowest BCUT2D eigenvalue weighted by Crippen LogP contribution is -2.44. The average Bonchev–Trinajstić information content (AvgIpc) is 3.17. The van der Waals surface area contributed by atoms with Crippen LogP contribution in [0.1, 0.15) is 15.9 Å². The van der Waals surface area contributed by atoms with Gasteiger partial charge in [-0.25, -0.2) is 13.9 Å². The zero-order chi connectivity index (χ0) is 21.0. The van der Waals surface area contributed by atoms with Crippen LogP contribution in [-0.4, -0.2) is 46.5 Å². The first-order valence-electron chi connectivity index (χ1n) is 8.85. The Hall–Kier alpha value is -3.52.